The highest BCUT2D eigenvalue weighted by Gasteiger charge is 2.33. The zero-order valence-corrected chi connectivity index (χ0v) is 17.1. The zero-order valence-electron chi connectivity index (χ0n) is 17.1. The molecule has 9 heteroatoms. The first-order chi connectivity index (χ1) is 14.1. The van der Waals surface area contributed by atoms with Crippen LogP contribution in [0.4, 0.5) is 13.2 Å². The Hall–Kier alpha value is -2.68. The molecule has 0 saturated heterocycles. The lowest BCUT2D eigenvalue weighted by atomic mass is 9.84. The summed E-state index contributed by atoms with van der Waals surface area (Å²) in [4.78, 5) is 12.2. The average molecular weight is 428 g/mol. The highest BCUT2D eigenvalue weighted by molar-refractivity contribution is 5.90. The van der Waals surface area contributed by atoms with Crippen LogP contribution in [0.5, 0.6) is 5.75 Å². The van der Waals surface area contributed by atoms with Crippen molar-refractivity contribution in [3.8, 4) is 5.75 Å². The van der Waals surface area contributed by atoms with Crippen LogP contribution >= 0.6 is 0 Å². The average Bonchev–Trinajstić information content (AvgIpc) is 2.61. The molecule has 1 aromatic rings. The van der Waals surface area contributed by atoms with Gasteiger partial charge in [0.1, 0.15) is 24.8 Å². The van der Waals surface area contributed by atoms with Crippen molar-refractivity contribution in [3.63, 3.8) is 0 Å². The Morgan fingerprint density at radius 1 is 1.17 bits per heavy atom. The molecule has 0 bridgehead atoms. The minimum atomic E-state index is -4.62. The molecule has 1 aliphatic rings. The van der Waals surface area contributed by atoms with Gasteiger partial charge in [-0.05, 0) is 55.0 Å². The number of esters is 1. The normalized spacial score (nSPS) is 13.4. The van der Waals surface area contributed by atoms with Crippen LogP contribution in [0.3, 0.4) is 0 Å². The molecule has 0 aliphatic heterocycles. The second-order valence-electron chi connectivity index (χ2n) is 7.06. The van der Waals surface area contributed by atoms with Crippen molar-refractivity contribution in [2.24, 2.45) is 11.5 Å². The first-order valence-corrected chi connectivity index (χ1v) is 9.54. The summed E-state index contributed by atoms with van der Waals surface area (Å²) in [6, 6.07) is 5.51. The van der Waals surface area contributed by atoms with E-state index in [0.717, 1.165) is 41.5 Å². The third kappa shape index (κ3) is 6.69. The number of benzene rings is 1. The fourth-order valence-electron chi connectivity index (χ4n) is 3.05. The van der Waals surface area contributed by atoms with Gasteiger partial charge in [0.25, 0.3) is 0 Å². The summed E-state index contributed by atoms with van der Waals surface area (Å²) < 4.78 is 53.8. The number of methoxy groups -OCH3 is 1. The van der Waals surface area contributed by atoms with Gasteiger partial charge in [0.2, 0.25) is 0 Å². The van der Waals surface area contributed by atoms with Gasteiger partial charge in [0.05, 0.1) is 18.6 Å². The molecule has 0 atom stereocenters. The van der Waals surface area contributed by atoms with Crippen LogP contribution in [0, 0.1) is 6.92 Å². The van der Waals surface area contributed by atoms with Crippen LogP contribution in [-0.4, -0.2) is 39.1 Å². The van der Waals surface area contributed by atoms with E-state index in [1.807, 2.05) is 19.1 Å². The highest BCUT2D eigenvalue weighted by atomic mass is 19.4. The summed E-state index contributed by atoms with van der Waals surface area (Å²) in [7, 11) is 1.59. The minimum Gasteiger partial charge on any atom is -0.491 e. The Labute approximate surface area is 173 Å². The number of allylic oxidation sites excluding steroid dienone is 1. The summed E-state index contributed by atoms with van der Waals surface area (Å²) in [6.45, 7) is 2.61. The molecule has 30 heavy (non-hydrogen) atoms. The molecule has 1 aromatic carbocycles. The van der Waals surface area contributed by atoms with E-state index in [-0.39, 0.29) is 6.61 Å². The maximum atomic E-state index is 12.7. The van der Waals surface area contributed by atoms with Crippen molar-refractivity contribution in [2.75, 3.05) is 26.9 Å². The van der Waals surface area contributed by atoms with Gasteiger partial charge in [-0.25, -0.2) is 4.79 Å². The lowest BCUT2D eigenvalue weighted by Gasteiger charge is -2.24. The molecule has 0 spiro atoms. The third-order valence-corrected chi connectivity index (χ3v) is 4.78. The maximum Gasteiger partial charge on any atom is 0.393 e. The largest absolute Gasteiger partial charge is 0.491 e. The smallest absolute Gasteiger partial charge is 0.393 e. The molecule has 1 fully saturated rings. The molecule has 0 amide bonds. The summed E-state index contributed by atoms with van der Waals surface area (Å²) in [5.41, 5.74) is 13.4. The Balaban J connectivity index is 2.17. The van der Waals surface area contributed by atoms with Gasteiger partial charge in [-0.2, -0.15) is 13.2 Å². The SMILES string of the molecule is COCCOc1ccc(C(COC(=O)C(CC(F)(F)F)=C(N)N)=C2CCC2)c(C)c1. The Kier molecular flexibility index (Phi) is 8.16. The van der Waals surface area contributed by atoms with Crippen LogP contribution in [0.1, 0.15) is 36.8 Å². The van der Waals surface area contributed by atoms with Crippen LogP contribution in [0.15, 0.2) is 35.2 Å². The fourth-order valence-corrected chi connectivity index (χ4v) is 3.05. The molecule has 6 nitrogen and oxygen atoms in total. The number of hydrogen-bond donors (Lipinski definition) is 2. The quantitative estimate of drug-likeness (QED) is 0.355. The Morgan fingerprint density at radius 3 is 2.37 bits per heavy atom. The summed E-state index contributed by atoms with van der Waals surface area (Å²) in [5, 5.41) is 0. The first-order valence-electron chi connectivity index (χ1n) is 9.54. The molecule has 0 unspecified atom stereocenters. The van der Waals surface area contributed by atoms with Gasteiger partial charge >= 0.3 is 12.1 Å². The van der Waals surface area contributed by atoms with Gasteiger partial charge in [-0.15, -0.1) is 0 Å². The molecule has 2 rings (SSSR count). The van der Waals surface area contributed by atoms with E-state index < -0.39 is 30.0 Å². The van der Waals surface area contributed by atoms with Crippen molar-refractivity contribution in [1.82, 2.24) is 0 Å². The zero-order chi connectivity index (χ0) is 22.3. The molecule has 0 radical (unpaired) electrons. The molecular formula is C21H27F3N2O4. The molecule has 1 aliphatic carbocycles. The van der Waals surface area contributed by atoms with Crippen molar-refractivity contribution in [2.45, 2.75) is 38.8 Å². The molecule has 0 heterocycles. The van der Waals surface area contributed by atoms with Gasteiger partial charge in [-0.3, -0.25) is 0 Å². The van der Waals surface area contributed by atoms with Crippen molar-refractivity contribution in [1.29, 1.82) is 0 Å². The van der Waals surface area contributed by atoms with Crippen LogP contribution < -0.4 is 16.2 Å². The van der Waals surface area contributed by atoms with Crippen molar-refractivity contribution >= 4 is 11.5 Å². The summed E-state index contributed by atoms with van der Waals surface area (Å²) in [6.07, 6.45) is -3.44. The van der Waals surface area contributed by atoms with Gasteiger partial charge in [0.15, 0.2) is 0 Å². The predicted octanol–water partition coefficient (Wildman–Crippen LogP) is 3.58. The minimum absolute atomic E-state index is 0.159. The van der Waals surface area contributed by atoms with E-state index in [2.05, 4.69) is 0 Å². The second kappa shape index (κ2) is 10.4. The monoisotopic (exact) mass is 428 g/mol. The second-order valence-corrected chi connectivity index (χ2v) is 7.06. The number of carbonyl (C=O) groups is 1. The summed E-state index contributed by atoms with van der Waals surface area (Å²) in [5.74, 6) is -1.18. The molecule has 1 saturated carbocycles. The number of alkyl halides is 3. The number of rotatable bonds is 9. The first kappa shape index (κ1) is 23.6. The number of aryl methyl sites for hydroxylation is 1. The van der Waals surface area contributed by atoms with E-state index in [0.29, 0.717) is 19.0 Å². The van der Waals surface area contributed by atoms with Crippen LogP contribution in [0.2, 0.25) is 0 Å². The van der Waals surface area contributed by atoms with Crippen molar-refractivity contribution in [3.05, 3.63) is 46.3 Å². The lowest BCUT2D eigenvalue weighted by Crippen LogP contribution is -2.24. The topological polar surface area (TPSA) is 96.8 Å². The third-order valence-electron chi connectivity index (χ3n) is 4.78. The van der Waals surface area contributed by atoms with E-state index in [1.165, 1.54) is 0 Å². The van der Waals surface area contributed by atoms with Crippen LogP contribution in [-0.2, 0) is 14.3 Å². The highest BCUT2D eigenvalue weighted by Crippen LogP contribution is 2.36. The van der Waals surface area contributed by atoms with Crippen LogP contribution in [0.25, 0.3) is 5.57 Å². The maximum absolute atomic E-state index is 12.7. The van der Waals surface area contributed by atoms with E-state index in [1.54, 1.807) is 13.2 Å². The summed E-state index contributed by atoms with van der Waals surface area (Å²) >= 11 is 0. The van der Waals surface area contributed by atoms with Gasteiger partial charge in [-0.1, -0.05) is 11.6 Å². The number of nitrogens with two attached hydrogens (primary N) is 2. The van der Waals surface area contributed by atoms with E-state index >= 15 is 0 Å². The lowest BCUT2D eigenvalue weighted by molar-refractivity contribution is -0.146. The van der Waals surface area contributed by atoms with Gasteiger partial charge < -0.3 is 25.7 Å². The van der Waals surface area contributed by atoms with Crippen molar-refractivity contribution < 1.29 is 32.2 Å². The fraction of sp³-hybridized carbons (Fsp3) is 0.476. The predicted molar refractivity (Wildman–Crippen MR) is 106 cm³/mol. The van der Waals surface area contributed by atoms with Gasteiger partial charge in [0, 0.05) is 7.11 Å². The van der Waals surface area contributed by atoms with E-state index in [9.17, 15) is 18.0 Å². The molecule has 0 aromatic heterocycles. The number of ether oxygens (including phenoxy) is 3. The standard InChI is InChI=1S/C21H27F3N2O4/c1-13-10-15(29-9-8-28-2)6-7-16(13)18(14-4-3-5-14)12-30-20(27)17(19(25)26)11-21(22,23)24/h6-7,10H,3-5,8-9,11-12,25-26H2,1-2H3. The molecule has 166 valence electrons. The molecule has 4 N–H and O–H groups in total. The molecular weight excluding hydrogens is 401 g/mol. The number of carbonyl (C=O) groups excluding carboxylic acids is 1. The van der Waals surface area contributed by atoms with E-state index in [4.69, 9.17) is 25.7 Å². The number of halogens is 3. The Morgan fingerprint density at radius 2 is 1.87 bits per heavy atom. The Bertz CT molecular complexity index is 822. The number of hydrogen-bond acceptors (Lipinski definition) is 6.